The number of aromatic nitrogens is 3. The van der Waals surface area contributed by atoms with E-state index >= 15 is 0 Å². The number of sulfone groups is 1. The Morgan fingerprint density at radius 3 is 2.71 bits per heavy atom. The maximum absolute atomic E-state index is 11.5. The molecule has 2 fully saturated rings. The second-order valence-corrected chi connectivity index (χ2v) is 10.5. The first kappa shape index (κ1) is 22.0. The van der Waals surface area contributed by atoms with E-state index in [4.69, 9.17) is 14.0 Å². The third-order valence-corrected chi connectivity index (χ3v) is 7.35. The Balaban J connectivity index is 1.16. The highest BCUT2D eigenvalue weighted by molar-refractivity contribution is 7.90. The molecule has 3 heterocycles. The Bertz CT molecular complexity index is 954. The average molecular weight is 451 g/mol. The van der Waals surface area contributed by atoms with Gasteiger partial charge in [0.1, 0.15) is 0 Å². The number of ether oxygens (including phenoxy) is 2. The molecule has 0 amide bonds. The van der Waals surface area contributed by atoms with Crippen LogP contribution in [0.3, 0.4) is 0 Å². The average Bonchev–Trinajstić information content (AvgIpc) is 3.38. The molecule has 4 rings (SSSR count). The van der Waals surface area contributed by atoms with Gasteiger partial charge in [0.15, 0.2) is 15.7 Å². The van der Waals surface area contributed by atoms with Crippen molar-refractivity contribution in [2.24, 2.45) is 17.8 Å². The molecule has 2 atom stereocenters. The van der Waals surface area contributed by atoms with Crippen molar-refractivity contribution in [3.8, 4) is 5.88 Å². The van der Waals surface area contributed by atoms with E-state index in [0.717, 1.165) is 44.2 Å². The Morgan fingerprint density at radius 2 is 2.03 bits per heavy atom. The van der Waals surface area contributed by atoms with Crippen LogP contribution in [-0.2, 0) is 21.0 Å². The van der Waals surface area contributed by atoms with Crippen LogP contribution in [0.1, 0.15) is 31.5 Å². The topological polar surface area (TPSA) is 108 Å². The quantitative estimate of drug-likeness (QED) is 0.539. The van der Waals surface area contributed by atoms with Gasteiger partial charge in [-0.25, -0.2) is 13.4 Å². The van der Waals surface area contributed by atoms with E-state index in [9.17, 15) is 8.42 Å². The van der Waals surface area contributed by atoms with E-state index in [0.29, 0.717) is 43.3 Å². The van der Waals surface area contributed by atoms with Crippen LogP contribution in [0.4, 0.5) is 6.01 Å². The van der Waals surface area contributed by atoms with Crippen molar-refractivity contribution in [3.05, 3.63) is 24.2 Å². The number of piperidine rings is 1. The SMILES string of the molecule is COCCc1noc(N2CCC([C@H]3C[C@H]3CCOc3ccc(S(C)(=O)=O)cn3)CC2)n1. The summed E-state index contributed by atoms with van der Waals surface area (Å²) in [5.41, 5.74) is 0. The zero-order chi connectivity index (χ0) is 21.8. The normalized spacial score (nSPS) is 21.9. The molecule has 10 heteroatoms. The monoisotopic (exact) mass is 450 g/mol. The first-order chi connectivity index (χ1) is 14.9. The number of methoxy groups -OCH3 is 1. The molecule has 170 valence electrons. The summed E-state index contributed by atoms with van der Waals surface area (Å²) in [7, 11) is -1.56. The van der Waals surface area contributed by atoms with Gasteiger partial charge in [-0.05, 0) is 49.5 Å². The van der Waals surface area contributed by atoms with Crippen LogP contribution in [0.5, 0.6) is 5.88 Å². The van der Waals surface area contributed by atoms with Crippen LogP contribution >= 0.6 is 0 Å². The summed E-state index contributed by atoms with van der Waals surface area (Å²) in [6, 6.07) is 3.78. The molecule has 9 nitrogen and oxygen atoms in total. The third kappa shape index (κ3) is 5.74. The highest BCUT2D eigenvalue weighted by Gasteiger charge is 2.43. The van der Waals surface area contributed by atoms with Gasteiger partial charge in [0.05, 0.1) is 18.1 Å². The van der Waals surface area contributed by atoms with Crippen molar-refractivity contribution in [1.82, 2.24) is 15.1 Å². The van der Waals surface area contributed by atoms with Gasteiger partial charge in [-0.15, -0.1) is 0 Å². The zero-order valence-electron chi connectivity index (χ0n) is 18.1. The van der Waals surface area contributed by atoms with Gasteiger partial charge in [-0.2, -0.15) is 4.98 Å². The maximum Gasteiger partial charge on any atom is 0.324 e. The molecule has 0 unspecified atom stereocenters. The Hall–Kier alpha value is -2.20. The summed E-state index contributed by atoms with van der Waals surface area (Å²) >= 11 is 0. The summed E-state index contributed by atoms with van der Waals surface area (Å²) in [6.45, 7) is 3.10. The van der Waals surface area contributed by atoms with E-state index in [2.05, 4.69) is 20.0 Å². The molecule has 0 N–H and O–H groups in total. The van der Waals surface area contributed by atoms with Crippen LogP contribution in [0.15, 0.2) is 27.7 Å². The fraction of sp³-hybridized carbons (Fsp3) is 0.667. The zero-order valence-corrected chi connectivity index (χ0v) is 18.9. The maximum atomic E-state index is 11.5. The first-order valence-electron chi connectivity index (χ1n) is 10.8. The number of hydrogen-bond acceptors (Lipinski definition) is 9. The lowest BCUT2D eigenvalue weighted by Gasteiger charge is -2.30. The first-order valence-corrected chi connectivity index (χ1v) is 12.7. The van der Waals surface area contributed by atoms with Crippen LogP contribution in [-0.4, -0.2) is 63.2 Å². The van der Waals surface area contributed by atoms with E-state index in [-0.39, 0.29) is 4.90 Å². The minimum absolute atomic E-state index is 0.208. The van der Waals surface area contributed by atoms with Gasteiger partial charge in [-0.1, -0.05) is 5.16 Å². The lowest BCUT2D eigenvalue weighted by molar-refractivity contribution is 0.199. The second-order valence-electron chi connectivity index (χ2n) is 8.46. The van der Waals surface area contributed by atoms with E-state index in [1.807, 2.05) is 0 Å². The van der Waals surface area contributed by atoms with Crippen molar-refractivity contribution in [2.75, 3.05) is 44.6 Å². The van der Waals surface area contributed by atoms with Gasteiger partial charge in [0, 0.05) is 45.1 Å². The number of rotatable bonds is 10. The fourth-order valence-electron chi connectivity index (χ4n) is 4.35. The third-order valence-electron chi connectivity index (χ3n) is 6.26. The minimum atomic E-state index is -3.23. The predicted octanol–water partition coefficient (Wildman–Crippen LogP) is 2.38. The summed E-state index contributed by atoms with van der Waals surface area (Å²) in [5, 5.41) is 4.03. The Labute approximate surface area is 183 Å². The van der Waals surface area contributed by atoms with Gasteiger partial charge in [0.2, 0.25) is 5.88 Å². The minimum Gasteiger partial charge on any atom is -0.478 e. The summed E-state index contributed by atoms with van der Waals surface area (Å²) in [5.74, 6) is 3.38. The molecule has 1 aliphatic heterocycles. The van der Waals surface area contributed by atoms with E-state index in [1.54, 1.807) is 13.2 Å². The van der Waals surface area contributed by atoms with Crippen LogP contribution in [0, 0.1) is 17.8 Å². The van der Waals surface area contributed by atoms with Crippen molar-refractivity contribution in [2.45, 2.75) is 37.0 Å². The smallest absolute Gasteiger partial charge is 0.324 e. The van der Waals surface area contributed by atoms with Gasteiger partial charge in [-0.3, -0.25) is 0 Å². The summed E-state index contributed by atoms with van der Waals surface area (Å²) in [4.78, 5) is 11.0. The number of pyridine rings is 1. The standard InChI is InChI=1S/C21H30N4O5S/c1-28-11-8-19-23-21(30-24-19)25-9-5-15(6-10-25)18-13-16(18)7-12-29-20-4-3-17(14-22-20)31(2,26)27/h3-4,14-16,18H,5-13H2,1-2H3/t16-,18-/m1/s1. The molecule has 0 aromatic carbocycles. The van der Waals surface area contributed by atoms with Gasteiger partial charge < -0.3 is 18.9 Å². The Morgan fingerprint density at radius 1 is 1.23 bits per heavy atom. The molecule has 31 heavy (non-hydrogen) atoms. The number of anilines is 1. The lowest BCUT2D eigenvalue weighted by Crippen LogP contribution is -2.34. The van der Waals surface area contributed by atoms with Crippen molar-refractivity contribution < 1.29 is 22.4 Å². The molecule has 0 bridgehead atoms. The molecule has 1 aliphatic carbocycles. The number of hydrogen-bond donors (Lipinski definition) is 0. The van der Waals surface area contributed by atoms with E-state index in [1.165, 1.54) is 24.9 Å². The molecule has 0 radical (unpaired) electrons. The Kier molecular flexibility index (Phi) is 6.76. The highest BCUT2D eigenvalue weighted by Crippen LogP contribution is 2.49. The second kappa shape index (κ2) is 9.52. The molecule has 1 saturated heterocycles. The molecule has 2 aromatic rings. The predicted molar refractivity (Wildman–Crippen MR) is 114 cm³/mol. The molecule has 0 spiro atoms. The van der Waals surface area contributed by atoms with Gasteiger partial charge in [0.25, 0.3) is 0 Å². The van der Waals surface area contributed by atoms with Gasteiger partial charge >= 0.3 is 6.01 Å². The molecule has 2 aromatic heterocycles. The van der Waals surface area contributed by atoms with Crippen LogP contribution < -0.4 is 9.64 Å². The van der Waals surface area contributed by atoms with E-state index < -0.39 is 9.84 Å². The molecule has 2 aliphatic rings. The number of nitrogens with zero attached hydrogens (tertiary/aromatic N) is 4. The highest BCUT2D eigenvalue weighted by atomic mass is 32.2. The molecular formula is C21H30N4O5S. The van der Waals surface area contributed by atoms with Crippen molar-refractivity contribution >= 4 is 15.9 Å². The largest absolute Gasteiger partial charge is 0.478 e. The summed E-state index contributed by atoms with van der Waals surface area (Å²) < 4.78 is 39.1. The lowest BCUT2D eigenvalue weighted by atomic mass is 9.91. The summed E-state index contributed by atoms with van der Waals surface area (Å²) in [6.07, 6.45) is 7.74. The van der Waals surface area contributed by atoms with Crippen LogP contribution in [0.25, 0.3) is 0 Å². The fourth-order valence-corrected chi connectivity index (χ4v) is 4.91. The molecular weight excluding hydrogens is 420 g/mol. The molecule has 1 saturated carbocycles. The van der Waals surface area contributed by atoms with Crippen LogP contribution in [0.2, 0.25) is 0 Å². The van der Waals surface area contributed by atoms with Crippen molar-refractivity contribution in [3.63, 3.8) is 0 Å². The van der Waals surface area contributed by atoms with Crippen molar-refractivity contribution in [1.29, 1.82) is 0 Å².